The van der Waals surface area contributed by atoms with E-state index in [1.807, 2.05) is 0 Å². The molecule has 2 bridgehead atoms. The molecule has 2 fully saturated rings. The summed E-state index contributed by atoms with van der Waals surface area (Å²) in [5.41, 5.74) is 0. The molecule has 1 N–H and O–H groups in total. The summed E-state index contributed by atoms with van der Waals surface area (Å²) in [5, 5.41) is 10.5. The molecule has 0 spiro atoms. The minimum Gasteiger partial charge on any atom is -0.481 e. The monoisotopic (exact) mass is 370 g/mol. The Morgan fingerprint density at radius 1 is 0.920 bits per heavy atom. The normalized spacial score (nSPS) is 27.9. The fraction of sp³-hybridized carbons (Fsp3) is 0.952. The van der Waals surface area contributed by atoms with Gasteiger partial charge >= 0.3 is 5.97 Å². The molecule has 146 valence electrons. The van der Waals surface area contributed by atoms with Crippen LogP contribution in [0.4, 0.5) is 0 Å². The van der Waals surface area contributed by atoms with E-state index in [0.29, 0.717) is 6.42 Å². The summed E-state index contributed by atoms with van der Waals surface area (Å²) < 4.78 is 5.91. The topological polar surface area (TPSA) is 46.5 Å². The van der Waals surface area contributed by atoms with Gasteiger partial charge in [-0.15, -0.1) is 0 Å². The second-order valence-electron chi connectivity index (χ2n) is 7.93. The molecular weight excluding hydrogens is 332 g/mol. The van der Waals surface area contributed by atoms with E-state index in [9.17, 15) is 4.79 Å². The van der Waals surface area contributed by atoms with E-state index >= 15 is 0 Å². The van der Waals surface area contributed by atoms with E-state index in [2.05, 4.69) is 18.7 Å². The number of carbonyl (C=O) groups is 1. The van der Waals surface area contributed by atoms with Crippen LogP contribution < -0.4 is 0 Å². The Morgan fingerprint density at radius 3 is 2.32 bits per heavy atom. The third-order valence-corrected chi connectivity index (χ3v) is 7.88. The van der Waals surface area contributed by atoms with Crippen molar-refractivity contribution in [2.75, 3.05) is 13.2 Å². The van der Waals surface area contributed by atoms with Gasteiger partial charge < -0.3 is 9.84 Å². The maximum absolute atomic E-state index is 10.6. The summed E-state index contributed by atoms with van der Waals surface area (Å²) in [6, 6.07) is 0. The van der Waals surface area contributed by atoms with Crippen molar-refractivity contribution in [1.82, 2.24) is 0 Å². The zero-order valence-corrected chi connectivity index (χ0v) is 16.9. The molecule has 0 amide bonds. The lowest BCUT2D eigenvalue weighted by Crippen LogP contribution is -2.28. The van der Waals surface area contributed by atoms with Gasteiger partial charge in [-0.25, -0.2) is 0 Å². The minimum atomic E-state index is -0.653. The number of carboxylic acid groups (broad SMARTS) is 1. The molecule has 2 saturated heterocycles. The van der Waals surface area contributed by atoms with Gasteiger partial charge in [-0.05, 0) is 50.4 Å². The Kier molecular flexibility index (Phi) is 10.3. The minimum absolute atomic E-state index is 0.336. The third-order valence-electron chi connectivity index (χ3n) is 6.01. The predicted octanol–water partition coefficient (Wildman–Crippen LogP) is 5.91. The molecule has 0 aromatic carbocycles. The molecule has 0 saturated carbocycles. The maximum Gasteiger partial charge on any atom is 0.303 e. The molecule has 0 aromatic rings. The lowest BCUT2D eigenvalue weighted by Gasteiger charge is -2.30. The van der Waals surface area contributed by atoms with Crippen LogP contribution in [-0.2, 0) is 9.53 Å². The highest BCUT2D eigenvalue weighted by Crippen LogP contribution is 2.55. The van der Waals surface area contributed by atoms with Crippen LogP contribution in [-0.4, -0.2) is 34.8 Å². The third kappa shape index (κ3) is 7.50. The van der Waals surface area contributed by atoms with Crippen molar-refractivity contribution < 1.29 is 14.6 Å². The average Bonchev–Trinajstić information content (AvgIpc) is 3.19. The number of rotatable bonds is 15. The van der Waals surface area contributed by atoms with Gasteiger partial charge in [0.1, 0.15) is 0 Å². The van der Waals surface area contributed by atoms with Gasteiger partial charge in [0.05, 0.1) is 0 Å². The zero-order valence-electron chi connectivity index (χ0n) is 16.1. The number of ether oxygens (including phenoxy) is 1. The van der Waals surface area contributed by atoms with E-state index in [-0.39, 0.29) is 0 Å². The summed E-state index contributed by atoms with van der Waals surface area (Å²) in [7, 11) is 0. The molecule has 2 heterocycles. The fourth-order valence-corrected chi connectivity index (χ4v) is 6.71. The molecule has 0 unspecified atom stereocenters. The van der Waals surface area contributed by atoms with Crippen molar-refractivity contribution in [3.05, 3.63) is 0 Å². The van der Waals surface area contributed by atoms with Gasteiger partial charge in [0.25, 0.3) is 0 Å². The standard InChI is InChI=1S/C21H38O3S/c1-2-3-4-9-15-24-16-14-18-17(19-12-13-20(18)25-19)10-7-5-6-8-11-21(22)23/h17-20H,2-16H2,1H3,(H,22,23)/t17-,18+,19-,20+/m1/s1. The quantitative estimate of drug-likeness (QED) is 0.364. The molecular formula is C21H38O3S. The molecule has 4 heteroatoms. The molecule has 2 aliphatic heterocycles. The van der Waals surface area contributed by atoms with Crippen LogP contribution in [0.3, 0.4) is 0 Å². The summed E-state index contributed by atoms with van der Waals surface area (Å²) in [4.78, 5) is 10.6. The lowest BCUT2D eigenvalue weighted by atomic mass is 9.75. The molecule has 0 aromatic heterocycles. The molecule has 2 aliphatic rings. The number of carboxylic acids is 1. The second kappa shape index (κ2) is 12.2. The van der Waals surface area contributed by atoms with Crippen LogP contribution in [0.5, 0.6) is 0 Å². The van der Waals surface area contributed by atoms with E-state index in [4.69, 9.17) is 9.84 Å². The molecule has 0 aliphatic carbocycles. The molecule has 25 heavy (non-hydrogen) atoms. The van der Waals surface area contributed by atoms with E-state index in [0.717, 1.165) is 48.4 Å². The van der Waals surface area contributed by atoms with E-state index in [1.165, 1.54) is 64.2 Å². The Bertz CT molecular complexity index is 374. The van der Waals surface area contributed by atoms with Crippen molar-refractivity contribution in [1.29, 1.82) is 0 Å². The highest BCUT2D eigenvalue weighted by atomic mass is 32.2. The smallest absolute Gasteiger partial charge is 0.303 e. The molecule has 4 atom stereocenters. The van der Waals surface area contributed by atoms with E-state index < -0.39 is 5.97 Å². The van der Waals surface area contributed by atoms with Crippen LogP contribution in [0.25, 0.3) is 0 Å². The van der Waals surface area contributed by atoms with Gasteiger partial charge in [-0.3, -0.25) is 4.79 Å². The van der Waals surface area contributed by atoms with E-state index in [1.54, 1.807) is 0 Å². The van der Waals surface area contributed by atoms with Crippen molar-refractivity contribution in [3.63, 3.8) is 0 Å². The number of unbranched alkanes of at least 4 members (excludes halogenated alkanes) is 6. The predicted molar refractivity (Wildman–Crippen MR) is 106 cm³/mol. The van der Waals surface area contributed by atoms with Crippen LogP contribution in [0, 0.1) is 11.8 Å². The number of thioether (sulfide) groups is 1. The highest BCUT2D eigenvalue weighted by Gasteiger charge is 2.47. The highest BCUT2D eigenvalue weighted by molar-refractivity contribution is 8.01. The summed E-state index contributed by atoms with van der Waals surface area (Å²) >= 11 is 2.26. The largest absolute Gasteiger partial charge is 0.481 e. The Balaban J connectivity index is 1.57. The average molecular weight is 371 g/mol. The molecule has 3 nitrogen and oxygen atoms in total. The van der Waals surface area contributed by atoms with Gasteiger partial charge in [0.2, 0.25) is 0 Å². The van der Waals surface area contributed by atoms with Crippen molar-refractivity contribution in [3.8, 4) is 0 Å². The first-order valence-electron chi connectivity index (χ1n) is 10.7. The molecule has 0 radical (unpaired) electrons. The summed E-state index contributed by atoms with van der Waals surface area (Å²) in [5.74, 6) is 1.12. The summed E-state index contributed by atoms with van der Waals surface area (Å²) in [6.07, 6.45) is 15.3. The Hall–Kier alpha value is -0.220. The van der Waals surface area contributed by atoms with Gasteiger partial charge in [-0.1, -0.05) is 45.4 Å². The second-order valence-corrected chi connectivity index (χ2v) is 9.41. The first-order valence-corrected chi connectivity index (χ1v) is 11.6. The lowest BCUT2D eigenvalue weighted by molar-refractivity contribution is -0.137. The fourth-order valence-electron chi connectivity index (χ4n) is 4.63. The van der Waals surface area contributed by atoms with Crippen molar-refractivity contribution in [2.24, 2.45) is 11.8 Å². The SMILES string of the molecule is CCCCCCOCC[C@H]1[C@@H](CCCCCCC(=O)O)[C@H]2CC[C@@H]1S2. The van der Waals surface area contributed by atoms with Crippen LogP contribution >= 0.6 is 11.8 Å². The van der Waals surface area contributed by atoms with Gasteiger partial charge in [0, 0.05) is 30.1 Å². The Labute approximate surface area is 158 Å². The number of hydrogen-bond donors (Lipinski definition) is 1. The Morgan fingerprint density at radius 2 is 1.60 bits per heavy atom. The molecule has 2 rings (SSSR count). The zero-order chi connectivity index (χ0) is 17.9. The first-order chi connectivity index (χ1) is 12.2. The van der Waals surface area contributed by atoms with Crippen LogP contribution in [0.15, 0.2) is 0 Å². The maximum atomic E-state index is 10.6. The van der Waals surface area contributed by atoms with Crippen LogP contribution in [0.1, 0.15) is 90.4 Å². The first kappa shape index (κ1) is 21.1. The summed E-state index contributed by atoms with van der Waals surface area (Å²) in [6.45, 7) is 4.15. The number of fused-ring (bicyclic) bond motifs is 2. The van der Waals surface area contributed by atoms with Gasteiger partial charge in [0.15, 0.2) is 0 Å². The number of hydrogen-bond acceptors (Lipinski definition) is 3. The van der Waals surface area contributed by atoms with Gasteiger partial charge in [-0.2, -0.15) is 11.8 Å². The van der Waals surface area contributed by atoms with Crippen LogP contribution in [0.2, 0.25) is 0 Å². The number of aliphatic carboxylic acids is 1. The van der Waals surface area contributed by atoms with Crippen molar-refractivity contribution >= 4 is 17.7 Å². The van der Waals surface area contributed by atoms with Crippen molar-refractivity contribution in [2.45, 2.75) is 101 Å².